The fraction of sp³-hybridized carbons (Fsp3) is 0.174. The molecule has 2 heterocycles. The van der Waals surface area contributed by atoms with Gasteiger partial charge in [-0.2, -0.15) is 5.26 Å². The molecule has 0 aliphatic carbocycles. The second-order valence-electron chi connectivity index (χ2n) is 6.57. The average molecular weight is 384 g/mol. The number of aromatic nitrogens is 1. The minimum Gasteiger partial charge on any atom is -0.489 e. The van der Waals surface area contributed by atoms with Gasteiger partial charge in [0.2, 0.25) is 5.88 Å². The molecule has 1 atom stereocenters. The molecule has 29 heavy (non-hydrogen) atoms. The summed E-state index contributed by atoms with van der Waals surface area (Å²) in [4.78, 5) is 10.8. The van der Waals surface area contributed by atoms with Crippen LogP contribution in [0.1, 0.15) is 11.1 Å². The summed E-state index contributed by atoms with van der Waals surface area (Å²) in [7, 11) is 1.58. The van der Waals surface area contributed by atoms with E-state index >= 15 is 0 Å². The minimum atomic E-state index is -0.416. The Bertz CT molecular complexity index is 1030. The number of benzene rings is 2. The highest BCUT2D eigenvalue weighted by Crippen LogP contribution is 2.26. The highest BCUT2D eigenvalue weighted by atomic mass is 16.5. The van der Waals surface area contributed by atoms with Gasteiger partial charge in [0.05, 0.1) is 19.7 Å². The number of nitriles is 1. The molecule has 1 unspecified atom stereocenters. The second kappa shape index (κ2) is 8.44. The Morgan fingerprint density at radius 1 is 1.07 bits per heavy atom. The summed E-state index contributed by atoms with van der Waals surface area (Å²) in [6, 6.07) is 23.4. The zero-order chi connectivity index (χ0) is 20.1. The van der Waals surface area contributed by atoms with E-state index in [0.717, 1.165) is 28.4 Å². The van der Waals surface area contributed by atoms with E-state index in [0.29, 0.717) is 19.0 Å². The number of rotatable bonds is 6. The molecule has 0 saturated heterocycles. The van der Waals surface area contributed by atoms with Crippen molar-refractivity contribution < 1.29 is 9.47 Å². The number of nitrogens with zero attached hydrogens (tertiary/aromatic N) is 4. The fourth-order valence-electron chi connectivity index (χ4n) is 3.14. The van der Waals surface area contributed by atoms with Gasteiger partial charge in [0.15, 0.2) is 6.04 Å². The third kappa shape index (κ3) is 4.19. The van der Waals surface area contributed by atoms with Gasteiger partial charge in [-0.15, -0.1) is 0 Å². The number of methoxy groups -OCH3 is 1. The highest BCUT2D eigenvalue weighted by molar-refractivity contribution is 6.11. The van der Waals surface area contributed by atoms with Crippen LogP contribution < -0.4 is 14.4 Å². The number of anilines is 1. The molecule has 3 aromatic rings. The van der Waals surface area contributed by atoms with Crippen molar-refractivity contribution in [2.24, 2.45) is 4.99 Å². The Kier molecular flexibility index (Phi) is 5.39. The molecule has 4 rings (SSSR count). The first kappa shape index (κ1) is 18.5. The zero-order valence-electron chi connectivity index (χ0n) is 16.0. The molecule has 1 aliphatic heterocycles. The smallest absolute Gasteiger partial charge is 0.212 e. The molecule has 6 nitrogen and oxygen atoms in total. The summed E-state index contributed by atoms with van der Waals surface area (Å²) in [5.74, 6) is 2.05. The van der Waals surface area contributed by atoms with E-state index in [1.807, 2.05) is 65.6 Å². The summed E-state index contributed by atoms with van der Waals surface area (Å²) in [5, 5.41) is 9.36. The molecule has 0 saturated carbocycles. The predicted molar refractivity (Wildman–Crippen MR) is 111 cm³/mol. The van der Waals surface area contributed by atoms with Gasteiger partial charge in [0.1, 0.15) is 18.2 Å². The Hall–Kier alpha value is -3.85. The van der Waals surface area contributed by atoms with Crippen LogP contribution in [0.25, 0.3) is 0 Å². The molecule has 0 bridgehead atoms. The Morgan fingerprint density at radius 3 is 2.52 bits per heavy atom. The third-order valence-electron chi connectivity index (χ3n) is 4.64. The topological polar surface area (TPSA) is 70.7 Å². The van der Waals surface area contributed by atoms with Gasteiger partial charge in [-0.25, -0.2) is 9.98 Å². The standard InChI is InChI=1S/C23H20N4O2/c1-28-22-12-7-18(14-25-22)23-26-19(13-24)15-27(23)20-8-10-21(11-9-20)29-16-17-5-3-2-4-6-17/h2-12,14,19H,15-16H2,1H3. The largest absolute Gasteiger partial charge is 0.489 e. The molecule has 1 aliphatic rings. The van der Waals surface area contributed by atoms with Crippen LogP contribution in [0.2, 0.25) is 0 Å². The monoisotopic (exact) mass is 384 g/mol. The van der Waals surface area contributed by atoms with E-state index in [4.69, 9.17) is 9.47 Å². The van der Waals surface area contributed by atoms with Crippen LogP contribution in [0.3, 0.4) is 0 Å². The van der Waals surface area contributed by atoms with Crippen molar-refractivity contribution in [3.05, 3.63) is 84.1 Å². The van der Waals surface area contributed by atoms with E-state index in [-0.39, 0.29) is 0 Å². The van der Waals surface area contributed by atoms with E-state index in [1.165, 1.54) is 0 Å². The summed E-state index contributed by atoms with van der Waals surface area (Å²) in [6.07, 6.45) is 1.71. The van der Waals surface area contributed by atoms with E-state index in [2.05, 4.69) is 16.0 Å². The van der Waals surface area contributed by atoms with Crippen LogP contribution in [0.5, 0.6) is 11.6 Å². The van der Waals surface area contributed by atoms with Crippen molar-refractivity contribution in [2.75, 3.05) is 18.6 Å². The number of aliphatic imine (C=N–C) groups is 1. The van der Waals surface area contributed by atoms with Crippen LogP contribution >= 0.6 is 0 Å². The predicted octanol–water partition coefficient (Wildman–Crippen LogP) is 3.83. The molecule has 1 aromatic heterocycles. The van der Waals surface area contributed by atoms with Gasteiger partial charge in [0.25, 0.3) is 0 Å². The number of ether oxygens (including phenoxy) is 2. The van der Waals surface area contributed by atoms with E-state index in [1.54, 1.807) is 19.4 Å². The third-order valence-corrected chi connectivity index (χ3v) is 4.64. The van der Waals surface area contributed by atoms with Gasteiger partial charge < -0.3 is 14.4 Å². The van der Waals surface area contributed by atoms with Gasteiger partial charge in [-0.1, -0.05) is 30.3 Å². The first-order valence-electron chi connectivity index (χ1n) is 9.29. The zero-order valence-corrected chi connectivity index (χ0v) is 16.0. The summed E-state index contributed by atoms with van der Waals surface area (Å²) >= 11 is 0. The molecule has 2 aromatic carbocycles. The Balaban J connectivity index is 1.51. The van der Waals surface area contributed by atoms with Crippen molar-refractivity contribution in [1.29, 1.82) is 5.26 Å². The first-order valence-corrected chi connectivity index (χ1v) is 9.29. The number of hydrogen-bond acceptors (Lipinski definition) is 6. The average Bonchev–Trinajstić information content (AvgIpc) is 3.23. The normalized spacial score (nSPS) is 15.5. The number of pyridine rings is 1. The number of hydrogen-bond donors (Lipinski definition) is 0. The van der Waals surface area contributed by atoms with Gasteiger partial charge in [-0.3, -0.25) is 0 Å². The molecule has 0 amide bonds. The minimum absolute atomic E-state index is 0.416. The lowest BCUT2D eigenvalue weighted by atomic mass is 10.2. The molecule has 144 valence electrons. The summed E-state index contributed by atoms with van der Waals surface area (Å²) < 4.78 is 11.0. The number of amidine groups is 1. The van der Waals surface area contributed by atoms with Crippen molar-refractivity contribution in [1.82, 2.24) is 4.98 Å². The first-order chi connectivity index (χ1) is 14.3. The molecule has 6 heteroatoms. The van der Waals surface area contributed by atoms with Gasteiger partial charge >= 0.3 is 0 Å². The van der Waals surface area contributed by atoms with Crippen LogP contribution in [0.15, 0.2) is 77.9 Å². The summed E-state index contributed by atoms with van der Waals surface area (Å²) in [5.41, 5.74) is 2.91. The van der Waals surface area contributed by atoms with Gasteiger partial charge in [-0.05, 0) is 35.9 Å². The molecular weight excluding hydrogens is 364 g/mol. The fourth-order valence-corrected chi connectivity index (χ4v) is 3.14. The maximum Gasteiger partial charge on any atom is 0.212 e. The molecular formula is C23H20N4O2. The van der Waals surface area contributed by atoms with Crippen molar-refractivity contribution in [2.45, 2.75) is 12.6 Å². The molecule has 0 fully saturated rings. The van der Waals surface area contributed by atoms with E-state index < -0.39 is 6.04 Å². The Morgan fingerprint density at radius 2 is 1.86 bits per heavy atom. The van der Waals surface area contributed by atoms with Crippen LogP contribution in [-0.2, 0) is 6.61 Å². The maximum absolute atomic E-state index is 9.36. The summed E-state index contributed by atoms with van der Waals surface area (Å²) in [6.45, 7) is 1.02. The lowest BCUT2D eigenvalue weighted by molar-refractivity contribution is 0.306. The van der Waals surface area contributed by atoms with Crippen molar-refractivity contribution in [3.8, 4) is 17.7 Å². The molecule has 0 N–H and O–H groups in total. The van der Waals surface area contributed by atoms with Crippen molar-refractivity contribution >= 4 is 11.5 Å². The van der Waals surface area contributed by atoms with Crippen LogP contribution in [0, 0.1) is 11.3 Å². The SMILES string of the molecule is COc1ccc(C2=NC(C#N)CN2c2ccc(OCc3ccccc3)cc2)cn1. The maximum atomic E-state index is 9.36. The van der Waals surface area contributed by atoms with E-state index in [9.17, 15) is 5.26 Å². The quantitative estimate of drug-likeness (QED) is 0.646. The highest BCUT2D eigenvalue weighted by Gasteiger charge is 2.27. The van der Waals surface area contributed by atoms with Crippen molar-refractivity contribution in [3.63, 3.8) is 0 Å². The van der Waals surface area contributed by atoms with Crippen LogP contribution in [-0.4, -0.2) is 30.5 Å². The second-order valence-corrected chi connectivity index (χ2v) is 6.57. The van der Waals surface area contributed by atoms with Gasteiger partial charge in [0, 0.05) is 23.5 Å². The lowest BCUT2D eigenvalue weighted by Gasteiger charge is -2.21. The molecule has 0 spiro atoms. The molecule has 0 radical (unpaired) electrons. The van der Waals surface area contributed by atoms with Crippen LogP contribution in [0.4, 0.5) is 5.69 Å². The lowest BCUT2D eigenvalue weighted by Crippen LogP contribution is -2.29. The Labute approximate surface area is 169 Å².